The third kappa shape index (κ3) is 4.03. The largest absolute Gasteiger partial charge is 0.488 e. The highest BCUT2D eigenvalue weighted by Crippen LogP contribution is 2.25. The monoisotopic (exact) mass is 336 g/mol. The molecule has 0 fully saturated rings. The molecule has 0 saturated heterocycles. The molecule has 0 saturated carbocycles. The van der Waals surface area contributed by atoms with Crippen molar-refractivity contribution in [3.05, 3.63) is 89.5 Å². The van der Waals surface area contributed by atoms with Crippen molar-refractivity contribution in [3.63, 3.8) is 0 Å². The van der Waals surface area contributed by atoms with Gasteiger partial charge in [0.15, 0.2) is 0 Å². The van der Waals surface area contributed by atoms with Gasteiger partial charge in [0.25, 0.3) is 0 Å². The molecule has 1 N–H and O–H groups in total. The second-order valence-electron chi connectivity index (χ2n) is 5.67. The summed E-state index contributed by atoms with van der Waals surface area (Å²) >= 11 is 0. The first kappa shape index (κ1) is 16.7. The maximum Gasteiger partial charge on any atom is 0.130 e. The first-order chi connectivity index (χ1) is 11.8. The van der Waals surface area contributed by atoms with E-state index in [1.807, 2.05) is 36.4 Å². The molecule has 0 heterocycles. The second kappa shape index (κ2) is 8.10. The molecule has 3 aromatic rings. The molecule has 2 nitrogen and oxygen atoms in total. The number of rotatable bonds is 6. The highest BCUT2D eigenvalue weighted by atomic mass is 31.1. The molecule has 0 aliphatic rings. The lowest BCUT2D eigenvalue weighted by atomic mass is 10.2. The fourth-order valence-electron chi connectivity index (χ4n) is 2.60. The van der Waals surface area contributed by atoms with E-state index in [0.29, 0.717) is 15.2 Å². The smallest absolute Gasteiger partial charge is 0.130 e. The van der Waals surface area contributed by atoms with Crippen LogP contribution in [0, 0.1) is 6.92 Å². The molecule has 0 bridgehead atoms. The summed E-state index contributed by atoms with van der Waals surface area (Å²) in [6.07, 6.45) is 0. The van der Waals surface area contributed by atoms with Crippen molar-refractivity contribution >= 4 is 19.2 Å². The Bertz CT molecular complexity index is 800. The van der Waals surface area contributed by atoms with E-state index in [2.05, 4.69) is 43.3 Å². The van der Waals surface area contributed by atoms with Crippen LogP contribution in [0.3, 0.4) is 0 Å². The van der Waals surface area contributed by atoms with Crippen LogP contribution in [0.15, 0.2) is 72.8 Å². The number of hydrogen-bond donors (Lipinski definition) is 1. The van der Waals surface area contributed by atoms with E-state index in [4.69, 9.17) is 4.74 Å². The van der Waals surface area contributed by atoms with E-state index >= 15 is 0 Å². The minimum Gasteiger partial charge on any atom is -0.488 e. The predicted molar refractivity (Wildman–Crippen MR) is 102 cm³/mol. The number of ether oxygens (including phenoxy) is 1. The lowest BCUT2D eigenvalue weighted by Gasteiger charge is -2.15. The molecule has 0 aliphatic carbocycles. The molecule has 0 spiro atoms. The van der Waals surface area contributed by atoms with E-state index in [-0.39, 0.29) is 6.61 Å². The molecular weight excluding hydrogens is 315 g/mol. The van der Waals surface area contributed by atoms with Gasteiger partial charge in [-0.05, 0) is 28.9 Å². The molecule has 3 rings (SSSR count). The summed E-state index contributed by atoms with van der Waals surface area (Å²) in [7, 11) is 0.460. The fraction of sp³-hybridized carbons (Fsp3) is 0.143. The minimum absolute atomic E-state index is 0.0647. The van der Waals surface area contributed by atoms with Gasteiger partial charge in [-0.2, -0.15) is 0 Å². The Hall–Kier alpha value is -2.15. The molecule has 1 unspecified atom stereocenters. The number of para-hydroxylation sites is 1. The second-order valence-corrected chi connectivity index (χ2v) is 6.99. The SMILES string of the molecule is Cc1cccc(Pc2ccccc2CO)c1OCc1ccccc1. The van der Waals surface area contributed by atoms with Gasteiger partial charge in [0.2, 0.25) is 0 Å². The van der Waals surface area contributed by atoms with Gasteiger partial charge in [-0.25, -0.2) is 0 Å². The molecule has 122 valence electrons. The van der Waals surface area contributed by atoms with Gasteiger partial charge in [0.05, 0.1) is 6.61 Å². The first-order valence-corrected chi connectivity index (χ1v) is 9.00. The number of aliphatic hydroxyl groups is 1. The summed E-state index contributed by atoms with van der Waals surface area (Å²) in [5.41, 5.74) is 3.27. The van der Waals surface area contributed by atoms with Crippen LogP contribution in [-0.4, -0.2) is 5.11 Å². The van der Waals surface area contributed by atoms with Gasteiger partial charge in [-0.15, -0.1) is 0 Å². The summed E-state index contributed by atoms with van der Waals surface area (Å²) in [4.78, 5) is 0. The van der Waals surface area contributed by atoms with Gasteiger partial charge in [0.1, 0.15) is 12.4 Å². The number of aryl methyl sites for hydroxylation is 1. The quantitative estimate of drug-likeness (QED) is 0.696. The zero-order valence-electron chi connectivity index (χ0n) is 13.7. The van der Waals surface area contributed by atoms with E-state index in [0.717, 1.165) is 27.7 Å². The minimum atomic E-state index is 0.0647. The number of hydrogen-bond acceptors (Lipinski definition) is 2. The zero-order valence-corrected chi connectivity index (χ0v) is 14.7. The van der Waals surface area contributed by atoms with Gasteiger partial charge < -0.3 is 9.84 Å². The van der Waals surface area contributed by atoms with Crippen molar-refractivity contribution in [1.82, 2.24) is 0 Å². The Morgan fingerprint density at radius 1 is 0.833 bits per heavy atom. The maximum atomic E-state index is 9.55. The van der Waals surface area contributed by atoms with Crippen LogP contribution in [0.25, 0.3) is 0 Å². The van der Waals surface area contributed by atoms with E-state index in [1.54, 1.807) is 0 Å². The van der Waals surface area contributed by atoms with Gasteiger partial charge in [0, 0.05) is 5.30 Å². The van der Waals surface area contributed by atoms with Crippen LogP contribution in [0.2, 0.25) is 0 Å². The number of aliphatic hydroxyl groups excluding tert-OH is 1. The standard InChI is InChI=1S/C21H21O2P/c1-16-8-7-13-20(24-19-12-6-5-11-18(19)14-22)21(16)23-15-17-9-3-2-4-10-17/h2-13,22,24H,14-15H2,1H3. The molecular formula is C21H21O2P. The highest BCUT2D eigenvalue weighted by molar-refractivity contribution is 7.55. The average Bonchev–Trinajstić information content (AvgIpc) is 2.62. The number of benzene rings is 3. The third-order valence-corrected chi connectivity index (χ3v) is 5.32. The van der Waals surface area contributed by atoms with Crippen molar-refractivity contribution in [1.29, 1.82) is 0 Å². The van der Waals surface area contributed by atoms with E-state index in [1.165, 1.54) is 5.30 Å². The van der Waals surface area contributed by atoms with Gasteiger partial charge in [-0.1, -0.05) is 81.4 Å². The highest BCUT2D eigenvalue weighted by Gasteiger charge is 2.10. The molecule has 3 heteroatoms. The van der Waals surface area contributed by atoms with Crippen molar-refractivity contribution in [3.8, 4) is 5.75 Å². The molecule has 24 heavy (non-hydrogen) atoms. The summed E-state index contributed by atoms with van der Waals surface area (Å²) in [5.74, 6) is 0.951. The third-order valence-electron chi connectivity index (χ3n) is 3.89. The molecule has 0 radical (unpaired) electrons. The summed E-state index contributed by atoms with van der Waals surface area (Å²) in [5, 5.41) is 11.9. The van der Waals surface area contributed by atoms with Crippen LogP contribution in [0.1, 0.15) is 16.7 Å². The molecule has 0 amide bonds. The van der Waals surface area contributed by atoms with Crippen LogP contribution in [-0.2, 0) is 13.2 Å². The molecule has 3 aromatic carbocycles. The lowest BCUT2D eigenvalue weighted by Crippen LogP contribution is -2.12. The van der Waals surface area contributed by atoms with E-state index < -0.39 is 0 Å². The fourth-order valence-corrected chi connectivity index (χ4v) is 3.95. The molecule has 0 aliphatic heterocycles. The molecule has 1 atom stereocenters. The van der Waals surface area contributed by atoms with E-state index in [9.17, 15) is 5.11 Å². The van der Waals surface area contributed by atoms with Crippen molar-refractivity contribution in [2.45, 2.75) is 20.1 Å². The Labute approximate surface area is 144 Å². The Morgan fingerprint density at radius 3 is 2.33 bits per heavy atom. The summed E-state index contributed by atoms with van der Waals surface area (Å²) in [6.45, 7) is 2.70. The Kier molecular flexibility index (Phi) is 5.63. The Balaban J connectivity index is 1.84. The lowest BCUT2D eigenvalue weighted by molar-refractivity contribution is 0.283. The van der Waals surface area contributed by atoms with Crippen molar-refractivity contribution in [2.75, 3.05) is 0 Å². The van der Waals surface area contributed by atoms with Crippen LogP contribution in [0.5, 0.6) is 5.75 Å². The van der Waals surface area contributed by atoms with Crippen LogP contribution in [0.4, 0.5) is 0 Å². The van der Waals surface area contributed by atoms with Crippen LogP contribution < -0.4 is 15.3 Å². The maximum absolute atomic E-state index is 9.55. The van der Waals surface area contributed by atoms with Gasteiger partial charge >= 0.3 is 0 Å². The Morgan fingerprint density at radius 2 is 1.54 bits per heavy atom. The zero-order chi connectivity index (χ0) is 16.8. The van der Waals surface area contributed by atoms with Crippen molar-refractivity contribution in [2.24, 2.45) is 0 Å². The first-order valence-electron chi connectivity index (χ1n) is 8.00. The normalized spacial score (nSPS) is 11.1. The van der Waals surface area contributed by atoms with Crippen LogP contribution >= 0.6 is 8.58 Å². The molecule has 0 aromatic heterocycles. The summed E-state index contributed by atoms with van der Waals surface area (Å²) in [6, 6.07) is 24.5. The van der Waals surface area contributed by atoms with Gasteiger partial charge in [-0.3, -0.25) is 0 Å². The topological polar surface area (TPSA) is 29.5 Å². The van der Waals surface area contributed by atoms with Crippen molar-refractivity contribution < 1.29 is 9.84 Å². The summed E-state index contributed by atoms with van der Waals surface area (Å²) < 4.78 is 6.14. The predicted octanol–water partition coefficient (Wildman–Crippen LogP) is 3.70. The average molecular weight is 336 g/mol.